The summed E-state index contributed by atoms with van der Waals surface area (Å²) in [6, 6.07) is 3.52. The molecule has 19 heavy (non-hydrogen) atoms. The van der Waals surface area contributed by atoms with Crippen LogP contribution in [0.5, 0.6) is 5.75 Å². The van der Waals surface area contributed by atoms with Crippen LogP contribution in [-0.2, 0) is 0 Å². The van der Waals surface area contributed by atoms with Crippen LogP contribution in [0, 0.1) is 5.82 Å². The molecule has 2 rings (SSSR count). The molecule has 1 aromatic carbocycles. The van der Waals surface area contributed by atoms with Crippen molar-refractivity contribution in [1.82, 2.24) is 10.2 Å². The van der Waals surface area contributed by atoms with E-state index in [2.05, 4.69) is 17.1 Å². The monoisotopic (exact) mass is 266 g/mol. The molecule has 5 heteroatoms. The van der Waals surface area contributed by atoms with Crippen LogP contribution in [0.4, 0.5) is 4.39 Å². The van der Waals surface area contributed by atoms with E-state index in [4.69, 9.17) is 0 Å². The maximum Gasteiger partial charge on any atom is 0.255 e. The molecule has 104 valence electrons. The van der Waals surface area contributed by atoms with E-state index in [-0.39, 0.29) is 23.3 Å². The van der Waals surface area contributed by atoms with Gasteiger partial charge < -0.3 is 15.3 Å². The Kier molecular flexibility index (Phi) is 4.37. The molecule has 1 fully saturated rings. The van der Waals surface area contributed by atoms with Crippen LogP contribution in [0.1, 0.15) is 30.1 Å². The van der Waals surface area contributed by atoms with Crippen molar-refractivity contribution in [2.75, 3.05) is 19.6 Å². The largest absolute Gasteiger partial charge is 0.507 e. The van der Waals surface area contributed by atoms with E-state index in [1.807, 2.05) is 0 Å². The predicted molar refractivity (Wildman–Crippen MR) is 70.7 cm³/mol. The van der Waals surface area contributed by atoms with Gasteiger partial charge in [0.2, 0.25) is 0 Å². The molecular weight excluding hydrogens is 247 g/mol. The summed E-state index contributed by atoms with van der Waals surface area (Å²) in [5.41, 5.74) is 0.120. The lowest BCUT2D eigenvalue weighted by Crippen LogP contribution is -2.47. The van der Waals surface area contributed by atoms with E-state index in [1.54, 1.807) is 0 Å². The van der Waals surface area contributed by atoms with E-state index in [0.717, 1.165) is 38.5 Å². The van der Waals surface area contributed by atoms with Gasteiger partial charge in [0.05, 0.1) is 5.56 Å². The lowest BCUT2D eigenvalue weighted by Gasteiger charge is -2.32. The molecule has 1 aliphatic rings. The summed E-state index contributed by atoms with van der Waals surface area (Å²) in [7, 11) is 0. The molecule has 0 aliphatic carbocycles. The third-order valence-corrected chi connectivity index (χ3v) is 3.49. The second kappa shape index (κ2) is 6.02. The van der Waals surface area contributed by atoms with Crippen molar-refractivity contribution in [3.05, 3.63) is 29.6 Å². The summed E-state index contributed by atoms with van der Waals surface area (Å²) in [6.07, 6.45) is 1.98. The van der Waals surface area contributed by atoms with Crippen LogP contribution in [0.25, 0.3) is 0 Å². The minimum Gasteiger partial charge on any atom is -0.507 e. The number of amides is 1. The number of aromatic hydroxyl groups is 1. The number of likely N-dealkylation sites (N-methyl/N-ethyl adjacent to an activating group) is 1. The maximum atomic E-state index is 12.9. The zero-order chi connectivity index (χ0) is 13.8. The minimum absolute atomic E-state index is 0.0886. The highest BCUT2D eigenvalue weighted by Crippen LogP contribution is 2.18. The second-order valence-electron chi connectivity index (χ2n) is 4.87. The van der Waals surface area contributed by atoms with Crippen LogP contribution < -0.4 is 5.32 Å². The molecule has 0 spiro atoms. The van der Waals surface area contributed by atoms with Gasteiger partial charge >= 0.3 is 0 Å². The molecule has 2 N–H and O–H groups in total. The molecule has 1 amide bonds. The molecule has 1 saturated heterocycles. The molecule has 0 aromatic heterocycles. The molecule has 0 saturated carbocycles. The first-order valence-corrected chi connectivity index (χ1v) is 6.62. The van der Waals surface area contributed by atoms with Gasteiger partial charge in [-0.05, 0) is 38.1 Å². The highest BCUT2D eigenvalue weighted by atomic mass is 19.1. The Morgan fingerprint density at radius 1 is 1.58 bits per heavy atom. The van der Waals surface area contributed by atoms with Gasteiger partial charge in [-0.1, -0.05) is 6.92 Å². The van der Waals surface area contributed by atoms with Crippen molar-refractivity contribution in [2.24, 2.45) is 0 Å². The van der Waals surface area contributed by atoms with Gasteiger partial charge in [0.1, 0.15) is 11.6 Å². The fourth-order valence-electron chi connectivity index (χ4n) is 2.42. The predicted octanol–water partition coefficient (Wildman–Crippen LogP) is 1.75. The molecular formula is C14H19FN2O2. The molecule has 0 bridgehead atoms. The fraction of sp³-hybridized carbons (Fsp3) is 0.500. The summed E-state index contributed by atoms with van der Waals surface area (Å²) >= 11 is 0. The standard InChI is InChI=1S/C14H19FN2O2/c1-2-17-7-3-4-11(9-17)16-14(19)12-6-5-10(15)8-13(12)18/h5-6,8,11,18H,2-4,7,9H2,1H3,(H,16,19). The Hall–Kier alpha value is -1.62. The topological polar surface area (TPSA) is 52.6 Å². The Morgan fingerprint density at radius 2 is 2.37 bits per heavy atom. The fourth-order valence-corrected chi connectivity index (χ4v) is 2.42. The van der Waals surface area contributed by atoms with Gasteiger partial charge in [0.15, 0.2) is 0 Å². The number of phenolic OH excluding ortho intramolecular Hbond substituents is 1. The average molecular weight is 266 g/mol. The van der Waals surface area contributed by atoms with E-state index in [9.17, 15) is 14.3 Å². The van der Waals surface area contributed by atoms with Crippen LogP contribution in [0.15, 0.2) is 18.2 Å². The van der Waals surface area contributed by atoms with Gasteiger partial charge in [-0.3, -0.25) is 4.79 Å². The highest BCUT2D eigenvalue weighted by molar-refractivity contribution is 5.96. The molecule has 1 unspecified atom stereocenters. The number of nitrogens with one attached hydrogen (secondary N) is 1. The van der Waals surface area contributed by atoms with Crippen molar-refractivity contribution in [2.45, 2.75) is 25.8 Å². The number of likely N-dealkylation sites (tertiary alicyclic amines) is 1. The zero-order valence-electron chi connectivity index (χ0n) is 11.0. The van der Waals surface area contributed by atoms with Crippen molar-refractivity contribution < 1.29 is 14.3 Å². The number of rotatable bonds is 3. The summed E-state index contributed by atoms with van der Waals surface area (Å²) < 4.78 is 12.9. The molecule has 1 atom stereocenters. The van der Waals surface area contributed by atoms with Crippen LogP contribution in [0.3, 0.4) is 0 Å². The molecule has 4 nitrogen and oxygen atoms in total. The first kappa shape index (κ1) is 13.8. The van der Waals surface area contributed by atoms with Gasteiger partial charge in [-0.2, -0.15) is 0 Å². The minimum atomic E-state index is -0.552. The molecule has 1 aliphatic heterocycles. The van der Waals surface area contributed by atoms with E-state index in [1.165, 1.54) is 12.1 Å². The third-order valence-electron chi connectivity index (χ3n) is 3.49. The second-order valence-corrected chi connectivity index (χ2v) is 4.87. The van der Waals surface area contributed by atoms with Crippen LogP contribution in [0.2, 0.25) is 0 Å². The number of halogens is 1. The summed E-state index contributed by atoms with van der Waals surface area (Å²) in [4.78, 5) is 14.3. The van der Waals surface area contributed by atoms with Crippen LogP contribution >= 0.6 is 0 Å². The molecule has 0 radical (unpaired) electrons. The number of carbonyl (C=O) groups excluding carboxylic acids is 1. The van der Waals surface area contributed by atoms with Crippen molar-refractivity contribution in [1.29, 1.82) is 0 Å². The van der Waals surface area contributed by atoms with Gasteiger partial charge in [0, 0.05) is 18.7 Å². The molecule has 1 heterocycles. The SMILES string of the molecule is CCN1CCCC(NC(=O)c2ccc(F)cc2O)C1. The maximum absolute atomic E-state index is 12.9. The number of benzene rings is 1. The van der Waals surface area contributed by atoms with Gasteiger partial charge in [-0.25, -0.2) is 4.39 Å². The number of carbonyl (C=O) groups is 1. The van der Waals surface area contributed by atoms with Crippen molar-refractivity contribution >= 4 is 5.91 Å². The smallest absolute Gasteiger partial charge is 0.255 e. The van der Waals surface area contributed by atoms with Crippen LogP contribution in [-0.4, -0.2) is 41.6 Å². The lowest BCUT2D eigenvalue weighted by atomic mass is 10.0. The Bertz CT molecular complexity index is 465. The first-order valence-electron chi connectivity index (χ1n) is 6.62. The normalized spacial score (nSPS) is 20.2. The number of hydrogen-bond donors (Lipinski definition) is 2. The van der Waals surface area contributed by atoms with E-state index < -0.39 is 5.82 Å². The van der Waals surface area contributed by atoms with E-state index >= 15 is 0 Å². The van der Waals surface area contributed by atoms with Gasteiger partial charge in [-0.15, -0.1) is 0 Å². The number of phenols is 1. The number of hydrogen-bond acceptors (Lipinski definition) is 3. The quantitative estimate of drug-likeness (QED) is 0.876. The molecule has 1 aromatic rings. The number of piperidine rings is 1. The Morgan fingerprint density at radius 3 is 3.05 bits per heavy atom. The highest BCUT2D eigenvalue weighted by Gasteiger charge is 2.21. The van der Waals surface area contributed by atoms with E-state index in [0.29, 0.717) is 0 Å². The Labute approximate surface area is 112 Å². The summed E-state index contributed by atoms with van der Waals surface area (Å²) in [5.74, 6) is -1.22. The van der Waals surface area contributed by atoms with Crippen molar-refractivity contribution in [3.63, 3.8) is 0 Å². The lowest BCUT2D eigenvalue weighted by molar-refractivity contribution is 0.0903. The summed E-state index contributed by atoms with van der Waals surface area (Å²) in [5, 5.41) is 12.5. The average Bonchev–Trinajstić information content (AvgIpc) is 2.38. The number of nitrogens with zero attached hydrogens (tertiary/aromatic N) is 1. The Balaban J connectivity index is 2.00. The first-order chi connectivity index (χ1) is 9.10. The summed E-state index contributed by atoms with van der Waals surface area (Å²) in [6.45, 7) is 4.94. The van der Waals surface area contributed by atoms with Gasteiger partial charge in [0.25, 0.3) is 5.91 Å². The zero-order valence-corrected chi connectivity index (χ0v) is 11.0. The third kappa shape index (κ3) is 3.44. The van der Waals surface area contributed by atoms with Crippen molar-refractivity contribution in [3.8, 4) is 5.75 Å².